The highest BCUT2D eigenvalue weighted by atomic mass is 32.1. The van der Waals surface area contributed by atoms with Crippen LogP contribution < -0.4 is 0 Å². The number of hydrogen-bond donors (Lipinski definition) is 0. The first-order chi connectivity index (χ1) is 25.7. The monoisotopic (exact) mass is 681 g/mol. The lowest BCUT2D eigenvalue weighted by Crippen LogP contribution is -2.00. The molecule has 0 aliphatic heterocycles. The molecule has 5 nitrogen and oxygen atoms in total. The Bertz CT molecular complexity index is 3020. The molecule has 0 spiro atoms. The summed E-state index contributed by atoms with van der Waals surface area (Å²) >= 11 is 1.85. The molecule has 3 heterocycles. The Morgan fingerprint density at radius 1 is 0.462 bits per heavy atom. The molecule has 52 heavy (non-hydrogen) atoms. The third-order valence-corrected chi connectivity index (χ3v) is 10.8. The highest BCUT2D eigenvalue weighted by Gasteiger charge is 2.17. The number of nitriles is 1. The molecule has 0 atom stereocenters. The molecule has 0 unspecified atom stereocenters. The first-order valence-electron chi connectivity index (χ1n) is 17.1. The molecular weight excluding hydrogens is 655 g/mol. The van der Waals surface area contributed by atoms with Crippen LogP contribution in [0, 0.1) is 11.3 Å². The average Bonchev–Trinajstić information content (AvgIpc) is 3.77. The van der Waals surface area contributed by atoms with E-state index in [4.69, 9.17) is 15.0 Å². The Morgan fingerprint density at radius 2 is 1.08 bits per heavy atom. The van der Waals surface area contributed by atoms with E-state index < -0.39 is 0 Å². The van der Waals surface area contributed by atoms with E-state index >= 15 is 0 Å². The number of fused-ring (bicyclic) bond motifs is 6. The van der Waals surface area contributed by atoms with Crippen molar-refractivity contribution in [3.63, 3.8) is 0 Å². The van der Waals surface area contributed by atoms with Crippen LogP contribution >= 0.6 is 11.3 Å². The molecule has 0 N–H and O–H groups in total. The van der Waals surface area contributed by atoms with Gasteiger partial charge in [0, 0.05) is 53.3 Å². The van der Waals surface area contributed by atoms with E-state index in [9.17, 15) is 5.26 Å². The van der Waals surface area contributed by atoms with Crippen LogP contribution in [0.5, 0.6) is 0 Å². The van der Waals surface area contributed by atoms with Gasteiger partial charge in [0.05, 0.1) is 22.7 Å². The van der Waals surface area contributed by atoms with Crippen molar-refractivity contribution in [1.82, 2.24) is 19.5 Å². The third kappa shape index (κ3) is 4.95. The minimum absolute atomic E-state index is 0.522. The predicted molar refractivity (Wildman–Crippen MR) is 214 cm³/mol. The summed E-state index contributed by atoms with van der Waals surface area (Å²) in [5.74, 6) is 1.67. The quantitative estimate of drug-likeness (QED) is 0.181. The topological polar surface area (TPSA) is 67.4 Å². The van der Waals surface area contributed by atoms with Crippen molar-refractivity contribution in [2.24, 2.45) is 0 Å². The van der Waals surface area contributed by atoms with E-state index in [-0.39, 0.29) is 0 Å². The van der Waals surface area contributed by atoms with E-state index in [1.165, 1.54) is 42.1 Å². The van der Waals surface area contributed by atoms with Gasteiger partial charge in [0.25, 0.3) is 0 Å². The molecule has 6 heteroatoms. The smallest absolute Gasteiger partial charge is 0.164 e. The molecule has 3 aromatic heterocycles. The maximum atomic E-state index is 9.55. The molecule has 0 radical (unpaired) electrons. The number of aromatic nitrogens is 4. The molecule has 10 rings (SSSR count). The lowest BCUT2D eigenvalue weighted by Gasteiger charge is -2.12. The number of benzene rings is 7. The van der Waals surface area contributed by atoms with Gasteiger partial charge in [-0.15, -0.1) is 11.3 Å². The van der Waals surface area contributed by atoms with Crippen LogP contribution in [0.4, 0.5) is 0 Å². The van der Waals surface area contributed by atoms with Crippen LogP contribution in [-0.4, -0.2) is 19.5 Å². The van der Waals surface area contributed by atoms with E-state index in [2.05, 4.69) is 120 Å². The molecule has 0 aliphatic carbocycles. The second-order valence-electron chi connectivity index (χ2n) is 12.8. The largest absolute Gasteiger partial charge is 0.309 e. The van der Waals surface area contributed by atoms with Crippen LogP contribution in [0.25, 0.3) is 93.0 Å². The van der Waals surface area contributed by atoms with Crippen molar-refractivity contribution >= 4 is 53.3 Å². The molecule has 0 saturated carbocycles. The van der Waals surface area contributed by atoms with Crippen molar-refractivity contribution in [3.05, 3.63) is 169 Å². The first kappa shape index (κ1) is 29.9. The Kier molecular flexibility index (Phi) is 6.98. The summed E-state index contributed by atoms with van der Waals surface area (Å²) in [6.07, 6.45) is 0. The van der Waals surface area contributed by atoms with E-state index in [0.29, 0.717) is 23.0 Å². The standard InChI is InChI=1S/C46H27N5S/c47-28-29-10-8-13-33(26-29)46-49-44(30-11-2-1-3-12-30)48-45(50-46)31-20-23-34(24-21-31)51-39-17-6-4-14-36(39)37-25-22-32(27-40(37)51)35-16-9-19-42-43(35)38-15-5-7-18-41(38)52-42/h1-27H. The van der Waals surface area contributed by atoms with Gasteiger partial charge in [0.15, 0.2) is 17.5 Å². The summed E-state index contributed by atoms with van der Waals surface area (Å²) in [4.78, 5) is 14.7. The second-order valence-corrected chi connectivity index (χ2v) is 13.9. The summed E-state index contributed by atoms with van der Waals surface area (Å²) in [6.45, 7) is 0. The zero-order chi connectivity index (χ0) is 34.6. The normalized spacial score (nSPS) is 11.4. The molecule has 0 bridgehead atoms. The lowest BCUT2D eigenvalue weighted by molar-refractivity contribution is 1.07. The number of rotatable bonds is 5. The van der Waals surface area contributed by atoms with Crippen LogP contribution in [0.15, 0.2) is 164 Å². The molecule has 0 amide bonds. The van der Waals surface area contributed by atoms with E-state index in [1.54, 1.807) is 6.07 Å². The molecular formula is C46H27N5S. The number of nitrogens with zero attached hydrogens (tertiary/aromatic N) is 5. The van der Waals surface area contributed by atoms with E-state index in [1.807, 2.05) is 59.9 Å². The zero-order valence-corrected chi connectivity index (χ0v) is 28.5. The van der Waals surface area contributed by atoms with Crippen molar-refractivity contribution in [3.8, 4) is 57.0 Å². The molecule has 7 aromatic carbocycles. The Balaban J connectivity index is 1.12. The SMILES string of the molecule is N#Cc1cccc(-c2nc(-c3ccccc3)nc(-c3ccc(-n4c5ccccc5c5ccc(-c6cccc7sc8ccccc8c67)cc54)cc3)n2)c1. The summed E-state index contributed by atoms with van der Waals surface area (Å²) in [7, 11) is 0. The molecule has 242 valence electrons. The average molecular weight is 682 g/mol. The molecule has 0 saturated heterocycles. The zero-order valence-electron chi connectivity index (χ0n) is 27.7. The number of thiophene rings is 1. The Labute approximate surface area is 303 Å². The fraction of sp³-hybridized carbons (Fsp3) is 0. The second kappa shape index (κ2) is 12.1. The fourth-order valence-electron chi connectivity index (χ4n) is 7.27. The van der Waals surface area contributed by atoms with Gasteiger partial charge in [0.2, 0.25) is 0 Å². The molecule has 0 fully saturated rings. The summed E-state index contributed by atoms with van der Waals surface area (Å²) < 4.78 is 4.95. The minimum Gasteiger partial charge on any atom is -0.309 e. The molecule has 0 aliphatic rings. The first-order valence-corrected chi connectivity index (χ1v) is 17.9. The highest BCUT2D eigenvalue weighted by Crippen LogP contribution is 2.42. The van der Waals surface area contributed by atoms with Crippen LogP contribution in [0.3, 0.4) is 0 Å². The Hall–Kier alpha value is -6.94. The Morgan fingerprint density at radius 3 is 1.88 bits per heavy atom. The van der Waals surface area contributed by atoms with Gasteiger partial charge < -0.3 is 4.57 Å². The summed E-state index contributed by atoms with van der Waals surface area (Å²) in [5, 5.41) is 14.6. The van der Waals surface area contributed by atoms with Crippen molar-refractivity contribution in [2.45, 2.75) is 0 Å². The minimum atomic E-state index is 0.522. The van der Waals surface area contributed by atoms with Gasteiger partial charge in [-0.3, -0.25) is 0 Å². The van der Waals surface area contributed by atoms with Gasteiger partial charge >= 0.3 is 0 Å². The number of para-hydroxylation sites is 1. The van der Waals surface area contributed by atoms with Crippen molar-refractivity contribution in [2.75, 3.05) is 0 Å². The van der Waals surface area contributed by atoms with Gasteiger partial charge in [0.1, 0.15) is 0 Å². The number of hydrogen-bond acceptors (Lipinski definition) is 5. The highest BCUT2D eigenvalue weighted by molar-refractivity contribution is 7.25. The maximum Gasteiger partial charge on any atom is 0.164 e. The predicted octanol–water partition coefficient (Wildman–Crippen LogP) is 11.9. The lowest BCUT2D eigenvalue weighted by atomic mass is 9.98. The van der Waals surface area contributed by atoms with Crippen LogP contribution in [-0.2, 0) is 0 Å². The van der Waals surface area contributed by atoms with Gasteiger partial charge in [-0.25, -0.2) is 15.0 Å². The third-order valence-electron chi connectivity index (χ3n) is 9.69. The van der Waals surface area contributed by atoms with Crippen molar-refractivity contribution < 1.29 is 0 Å². The van der Waals surface area contributed by atoms with Crippen LogP contribution in [0.2, 0.25) is 0 Å². The van der Waals surface area contributed by atoms with E-state index in [0.717, 1.165) is 33.4 Å². The summed E-state index contributed by atoms with van der Waals surface area (Å²) in [6, 6.07) is 58.8. The van der Waals surface area contributed by atoms with Crippen molar-refractivity contribution in [1.29, 1.82) is 5.26 Å². The molecule has 10 aromatic rings. The summed E-state index contributed by atoms with van der Waals surface area (Å²) in [5.41, 5.74) is 8.86. The van der Waals surface area contributed by atoms with Gasteiger partial charge in [-0.05, 0) is 71.8 Å². The fourth-order valence-corrected chi connectivity index (χ4v) is 8.40. The van der Waals surface area contributed by atoms with Gasteiger partial charge in [-0.2, -0.15) is 5.26 Å². The van der Waals surface area contributed by atoms with Gasteiger partial charge in [-0.1, -0.05) is 103 Å². The maximum absolute atomic E-state index is 9.55. The van der Waals surface area contributed by atoms with Crippen LogP contribution in [0.1, 0.15) is 5.56 Å².